The summed E-state index contributed by atoms with van der Waals surface area (Å²) >= 11 is 0. The highest BCUT2D eigenvalue weighted by Crippen LogP contribution is 2.22. The fourth-order valence-corrected chi connectivity index (χ4v) is 0.703. The Morgan fingerprint density at radius 1 is 1.70 bits per heavy atom. The van der Waals surface area contributed by atoms with Crippen molar-refractivity contribution >= 4 is 5.78 Å². The molecule has 0 spiro atoms. The number of aliphatic hydroxyl groups is 1. The van der Waals surface area contributed by atoms with Crippen LogP contribution in [0.5, 0.6) is 0 Å². The van der Waals surface area contributed by atoms with Crippen molar-refractivity contribution in [3.8, 4) is 0 Å². The molecule has 0 aliphatic heterocycles. The van der Waals surface area contributed by atoms with Crippen molar-refractivity contribution in [3.05, 3.63) is 0 Å². The van der Waals surface area contributed by atoms with Crippen LogP contribution < -0.4 is 0 Å². The monoisotopic (exact) mass is 148 g/mol. The minimum absolute atomic E-state index is 0.278. The molecule has 1 N–H and O–H groups in total. The predicted octanol–water partition coefficient (Wildman–Crippen LogP) is 0.934. The van der Waals surface area contributed by atoms with Crippen molar-refractivity contribution in [2.75, 3.05) is 13.3 Å². The van der Waals surface area contributed by atoms with Gasteiger partial charge >= 0.3 is 0 Å². The number of halogens is 1. The Balaban J connectivity index is 4.31. The molecular formula is C7H13FO2. The van der Waals surface area contributed by atoms with Gasteiger partial charge in [0.15, 0.2) is 0 Å². The lowest BCUT2D eigenvalue weighted by Crippen LogP contribution is -2.34. The summed E-state index contributed by atoms with van der Waals surface area (Å²) in [7, 11) is 0. The maximum atomic E-state index is 12.2. The SMILES string of the molecule is CCC(CO)(CF)C(C)=O. The van der Waals surface area contributed by atoms with Gasteiger partial charge in [0, 0.05) is 0 Å². The van der Waals surface area contributed by atoms with E-state index in [9.17, 15) is 9.18 Å². The van der Waals surface area contributed by atoms with Gasteiger partial charge in [-0.1, -0.05) is 6.92 Å². The molecule has 0 rings (SSSR count). The molecule has 0 aromatic heterocycles. The molecule has 0 radical (unpaired) electrons. The number of alkyl halides is 1. The van der Waals surface area contributed by atoms with E-state index in [0.29, 0.717) is 6.42 Å². The van der Waals surface area contributed by atoms with Crippen LogP contribution in [0.15, 0.2) is 0 Å². The molecule has 1 unspecified atom stereocenters. The first-order chi connectivity index (χ1) is 4.63. The molecule has 0 heterocycles. The van der Waals surface area contributed by atoms with Crippen LogP contribution >= 0.6 is 0 Å². The summed E-state index contributed by atoms with van der Waals surface area (Å²) in [6.45, 7) is 1.83. The summed E-state index contributed by atoms with van der Waals surface area (Å²) in [6.07, 6.45) is 0.356. The summed E-state index contributed by atoms with van der Waals surface area (Å²) in [4.78, 5) is 10.8. The Hall–Kier alpha value is -0.440. The zero-order valence-corrected chi connectivity index (χ0v) is 6.35. The molecule has 0 bridgehead atoms. The average Bonchev–Trinajstić information content (AvgIpc) is 1.92. The first-order valence-electron chi connectivity index (χ1n) is 3.31. The van der Waals surface area contributed by atoms with Crippen LogP contribution in [0, 0.1) is 5.41 Å². The predicted molar refractivity (Wildman–Crippen MR) is 36.5 cm³/mol. The Morgan fingerprint density at radius 3 is 2.20 bits per heavy atom. The molecule has 0 fully saturated rings. The van der Waals surface area contributed by atoms with Gasteiger partial charge in [-0.15, -0.1) is 0 Å². The van der Waals surface area contributed by atoms with Crippen LogP contribution in [-0.4, -0.2) is 24.2 Å². The quantitative estimate of drug-likeness (QED) is 0.644. The molecule has 60 valence electrons. The average molecular weight is 148 g/mol. The van der Waals surface area contributed by atoms with Crippen molar-refractivity contribution in [1.82, 2.24) is 0 Å². The third-order valence-electron chi connectivity index (χ3n) is 1.98. The molecule has 3 heteroatoms. The number of aliphatic hydroxyl groups excluding tert-OH is 1. The smallest absolute Gasteiger partial charge is 0.140 e. The van der Waals surface area contributed by atoms with E-state index in [1.165, 1.54) is 6.92 Å². The molecule has 0 saturated heterocycles. The van der Waals surface area contributed by atoms with E-state index in [1.807, 2.05) is 0 Å². The number of hydrogen-bond acceptors (Lipinski definition) is 2. The lowest BCUT2D eigenvalue weighted by Gasteiger charge is -2.23. The van der Waals surface area contributed by atoms with Crippen LogP contribution in [-0.2, 0) is 4.79 Å². The van der Waals surface area contributed by atoms with E-state index in [1.54, 1.807) is 6.92 Å². The maximum absolute atomic E-state index is 12.2. The molecule has 0 saturated carbocycles. The number of carbonyl (C=O) groups excluding carboxylic acids is 1. The number of rotatable bonds is 4. The van der Waals surface area contributed by atoms with E-state index in [4.69, 9.17) is 5.11 Å². The van der Waals surface area contributed by atoms with Gasteiger partial charge in [0.2, 0.25) is 0 Å². The second kappa shape index (κ2) is 3.66. The number of carbonyl (C=O) groups is 1. The zero-order chi connectivity index (χ0) is 8.20. The van der Waals surface area contributed by atoms with Gasteiger partial charge in [-0.25, -0.2) is 4.39 Å². The normalized spacial score (nSPS) is 16.4. The lowest BCUT2D eigenvalue weighted by atomic mass is 9.84. The Kier molecular flexibility index (Phi) is 3.50. The standard InChI is InChI=1S/C7H13FO2/c1-3-7(4-8,5-9)6(2)10/h9H,3-5H2,1-2H3. The molecule has 0 aliphatic carbocycles. The number of hydrogen-bond donors (Lipinski definition) is 1. The summed E-state index contributed by atoms with van der Waals surface area (Å²) in [5.41, 5.74) is -1.12. The molecule has 0 aliphatic rings. The van der Waals surface area contributed by atoms with Crippen molar-refractivity contribution in [2.45, 2.75) is 20.3 Å². The van der Waals surface area contributed by atoms with Gasteiger partial charge in [-0.3, -0.25) is 4.79 Å². The molecule has 0 aromatic carbocycles. The first kappa shape index (κ1) is 9.56. The van der Waals surface area contributed by atoms with Crippen molar-refractivity contribution in [3.63, 3.8) is 0 Å². The molecule has 2 nitrogen and oxygen atoms in total. The van der Waals surface area contributed by atoms with E-state index >= 15 is 0 Å². The van der Waals surface area contributed by atoms with Gasteiger partial charge in [0.1, 0.15) is 12.5 Å². The van der Waals surface area contributed by atoms with Crippen molar-refractivity contribution < 1.29 is 14.3 Å². The van der Waals surface area contributed by atoms with Crippen LogP contribution in [0.4, 0.5) is 4.39 Å². The van der Waals surface area contributed by atoms with E-state index in [2.05, 4.69) is 0 Å². The number of Topliss-reactive ketones (excluding diaryl/α,β-unsaturated/α-hetero) is 1. The highest BCUT2D eigenvalue weighted by molar-refractivity contribution is 5.82. The van der Waals surface area contributed by atoms with E-state index < -0.39 is 18.7 Å². The molecular weight excluding hydrogens is 135 g/mol. The minimum Gasteiger partial charge on any atom is -0.395 e. The summed E-state index contributed by atoms with van der Waals surface area (Å²) in [6, 6.07) is 0. The van der Waals surface area contributed by atoms with Gasteiger partial charge < -0.3 is 5.11 Å². The fraction of sp³-hybridized carbons (Fsp3) is 0.857. The van der Waals surface area contributed by atoms with E-state index in [0.717, 1.165) is 0 Å². The topological polar surface area (TPSA) is 37.3 Å². The van der Waals surface area contributed by atoms with E-state index in [-0.39, 0.29) is 5.78 Å². The Morgan fingerprint density at radius 2 is 2.20 bits per heavy atom. The van der Waals surface area contributed by atoms with Gasteiger partial charge in [-0.2, -0.15) is 0 Å². The second-order valence-corrected chi connectivity index (χ2v) is 2.48. The van der Waals surface area contributed by atoms with Crippen molar-refractivity contribution in [1.29, 1.82) is 0 Å². The van der Waals surface area contributed by atoms with Crippen molar-refractivity contribution in [2.24, 2.45) is 5.41 Å². The molecule has 10 heavy (non-hydrogen) atoms. The van der Waals surface area contributed by atoms with Gasteiger partial charge in [0.25, 0.3) is 0 Å². The zero-order valence-electron chi connectivity index (χ0n) is 6.35. The summed E-state index contributed by atoms with van der Waals surface area (Å²) < 4.78 is 12.2. The Bertz CT molecular complexity index is 111. The summed E-state index contributed by atoms with van der Waals surface area (Å²) in [5.74, 6) is -0.278. The lowest BCUT2D eigenvalue weighted by molar-refractivity contribution is -0.130. The second-order valence-electron chi connectivity index (χ2n) is 2.48. The third kappa shape index (κ3) is 1.53. The van der Waals surface area contributed by atoms with Gasteiger partial charge in [-0.05, 0) is 13.3 Å². The first-order valence-corrected chi connectivity index (χ1v) is 3.31. The number of ketones is 1. The minimum atomic E-state index is -1.12. The summed E-state index contributed by atoms with van der Waals surface area (Å²) in [5, 5.41) is 8.69. The highest BCUT2D eigenvalue weighted by Gasteiger charge is 2.32. The van der Waals surface area contributed by atoms with Gasteiger partial charge in [0.05, 0.1) is 12.0 Å². The van der Waals surface area contributed by atoms with Crippen LogP contribution in [0.1, 0.15) is 20.3 Å². The third-order valence-corrected chi connectivity index (χ3v) is 1.98. The Labute approximate surface area is 60.1 Å². The maximum Gasteiger partial charge on any atom is 0.140 e. The largest absolute Gasteiger partial charge is 0.395 e. The highest BCUT2D eigenvalue weighted by atomic mass is 19.1. The van der Waals surface area contributed by atoms with Crippen LogP contribution in [0.25, 0.3) is 0 Å². The molecule has 0 aromatic rings. The van der Waals surface area contributed by atoms with Crippen LogP contribution in [0.3, 0.4) is 0 Å². The fourth-order valence-electron chi connectivity index (χ4n) is 0.703. The molecule has 1 atom stereocenters. The molecule has 0 amide bonds. The van der Waals surface area contributed by atoms with Crippen LogP contribution in [0.2, 0.25) is 0 Å².